The number of amides is 1. The van der Waals surface area contributed by atoms with Gasteiger partial charge in [-0.15, -0.1) is 0 Å². The van der Waals surface area contributed by atoms with Gasteiger partial charge in [0.15, 0.2) is 0 Å². The summed E-state index contributed by atoms with van der Waals surface area (Å²) in [5, 5.41) is 0.909. The minimum absolute atomic E-state index is 0.195. The number of benzene rings is 1. The van der Waals surface area contributed by atoms with Crippen LogP contribution >= 0.6 is 11.5 Å². The van der Waals surface area contributed by atoms with Gasteiger partial charge in [-0.05, 0) is 25.8 Å². The summed E-state index contributed by atoms with van der Waals surface area (Å²) < 4.78 is 9.90. The minimum Gasteiger partial charge on any atom is -0.378 e. The van der Waals surface area contributed by atoms with E-state index in [1.807, 2.05) is 4.90 Å². The number of aromatic nitrogens is 2. The lowest BCUT2D eigenvalue weighted by Crippen LogP contribution is -2.43. The van der Waals surface area contributed by atoms with Crippen molar-refractivity contribution in [3.63, 3.8) is 0 Å². The van der Waals surface area contributed by atoms with Crippen molar-refractivity contribution in [1.29, 1.82) is 0 Å². The van der Waals surface area contributed by atoms with Crippen LogP contribution in [0.5, 0.6) is 0 Å². The predicted molar refractivity (Wildman–Crippen MR) is 113 cm³/mol. The molecular formula is C21H30N4O2S. The van der Waals surface area contributed by atoms with Crippen LogP contribution in [0.4, 0.5) is 5.13 Å². The molecule has 0 N–H and O–H groups in total. The van der Waals surface area contributed by atoms with Gasteiger partial charge in [0.25, 0.3) is 0 Å². The van der Waals surface area contributed by atoms with Crippen LogP contribution in [0.15, 0.2) is 24.3 Å². The summed E-state index contributed by atoms with van der Waals surface area (Å²) in [4.78, 5) is 21.4. The molecule has 1 aliphatic heterocycles. The monoisotopic (exact) mass is 402 g/mol. The number of anilines is 1. The fourth-order valence-corrected chi connectivity index (χ4v) is 4.05. The average molecular weight is 403 g/mol. The third kappa shape index (κ3) is 5.52. The van der Waals surface area contributed by atoms with Crippen LogP contribution in [0.25, 0.3) is 0 Å². The van der Waals surface area contributed by atoms with E-state index in [1.165, 1.54) is 22.7 Å². The fourth-order valence-electron chi connectivity index (χ4n) is 3.23. The van der Waals surface area contributed by atoms with E-state index in [9.17, 15) is 4.79 Å². The Bertz CT molecular complexity index is 756. The highest BCUT2D eigenvalue weighted by molar-refractivity contribution is 7.09. The van der Waals surface area contributed by atoms with Gasteiger partial charge in [0.2, 0.25) is 11.0 Å². The van der Waals surface area contributed by atoms with Gasteiger partial charge in [0.1, 0.15) is 5.82 Å². The first-order valence-corrected chi connectivity index (χ1v) is 10.8. The van der Waals surface area contributed by atoms with E-state index < -0.39 is 0 Å². The van der Waals surface area contributed by atoms with Crippen molar-refractivity contribution in [1.82, 2.24) is 14.3 Å². The van der Waals surface area contributed by atoms with Crippen LogP contribution in [-0.2, 0) is 16.0 Å². The molecule has 28 heavy (non-hydrogen) atoms. The summed E-state index contributed by atoms with van der Waals surface area (Å²) in [6.07, 6.45) is 2.23. The molecule has 2 heterocycles. The molecule has 1 atom stereocenters. The van der Waals surface area contributed by atoms with Crippen molar-refractivity contribution in [2.24, 2.45) is 0 Å². The van der Waals surface area contributed by atoms with Crippen molar-refractivity contribution in [3.05, 3.63) is 41.2 Å². The Hall–Kier alpha value is -1.99. The molecule has 0 radical (unpaired) electrons. The number of hydrogen-bond donors (Lipinski definition) is 0. The highest BCUT2D eigenvalue weighted by Crippen LogP contribution is 2.23. The quantitative estimate of drug-likeness (QED) is 0.678. The maximum Gasteiger partial charge on any atom is 0.224 e. The Morgan fingerprint density at radius 3 is 2.68 bits per heavy atom. The second-order valence-corrected chi connectivity index (χ2v) is 8.08. The first kappa shape index (κ1) is 20.7. The Morgan fingerprint density at radius 1 is 1.29 bits per heavy atom. The number of nitrogens with zero attached hydrogens (tertiary/aromatic N) is 4. The molecule has 1 fully saturated rings. The molecule has 3 rings (SSSR count). The summed E-state index contributed by atoms with van der Waals surface area (Å²) in [5.74, 6) is 1.04. The number of hydrogen-bond acceptors (Lipinski definition) is 6. The Balaban J connectivity index is 1.63. The Morgan fingerprint density at radius 2 is 2.00 bits per heavy atom. The average Bonchev–Trinajstić information content (AvgIpc) is 3.18. The van der Waals surface area contributed by atoms with E-state index in [1.54, 1.807) is 0 Å². The van der Waals surface area contributed by atoms with E-state index in [-0.39, 0.29) is 5.91 Å². The Kier molecular flexibility index (Phi) is 7.39. The Labute approximate surface area is 171 Å². The molecule has 1 amide bonds. The van der Waals surface area contributed by atoms with Crippen molar-refractivity contribution >= 4 is 22.6 Å². The van der Waals surface area contributed by atoms with Crippen LogP contribution in [-0.4, -0.2) is 59.1 Å². The summed E-state index contributed by atoms with van der Waals surface area (Å²) in [5.41, 5.74) is 2.47. The lowest BCUT2D eigenvalue weighted by molar-refractivity contribution is -0.135. The molecule has 2 aromatic rings. The van der Waals surface area contributed by atoms with Crippen molar-refractivity contribution in [2.45, 2.75) is 46.1 Å². The van der Waals surface area contributed by atoms with Crippen LogP contribution in [0.2, 0.25) is 0 Å². The van der Waals surface area contributed by atoms with E-state index >= 15 is 0 Å². The lowest BCUT2D eigenvalue weighted by Gasteiger charge is -2.30. The molecule has 1 aliphatic rings. The molecular weight excluding hydrogens is 372 g/mol. The van der Waals surface area contributed by atoms with Gasteiger partial charge in [-0.2, -0.15) is 4.37 Å². The lowest BCUT2D eigenvalue weighted by atomic mass is 10.1. The smallest absolute Gasteiger partial charge is 0.224 e. The molecule has 0 saturated carbocycles. The number of carbonyl (C=O) groups is 1. The van der Waals surface area contributed by atoms with Gasteiger partial charge in [0, 0.05) is 50.1 Å². The molecule has 1 saturated heterocycles. The minimum atomic E-state index is 0.195. The number of ether oxygens (including phenoxy) is 1. The van der Waals surface area contributed by atoms with Crippen LogP contribution in [0.1, 0.15) is 43.6 Å². The molecule has 1 aromatic carbocycles. The van der Waals surface area contributed by atoms with Crippen molar-refractivity contribution in [2.75, 3.05) is 37.7 Å². The molecule has 0 bridgehead atoms. The van der Waals surface area contributed by atoms with Gasteiger partial charge in [-0.3, -0.25) is 4.79 Å². The standard InChI is InChI=1S/C21H30N4O2S/c1-4-17(3)25(10-9-20(26)24-11-13-27-14-12-24)21-22-19(23-28-21)15-18-7-5-16(2)6-8-18/h5-8,17H,4,9-15H2,1-3H3. The van der Waals surface area contributed by atoms with E-state index in [2.05, 4.69) is 54.3 Å². The van der Waals surface area contributed by atoms with Gasteiger partial charge in [0.05, 0.1) is 13.2 Å². The maximum atomic E-state index is 12.5. The number of morpholine rings is 1. The fraction of sp³-hybridized carbons (Fsp3) is 0.571. The van der Waals surface area contributed by atoms with E-state index in [4.69, 9.17) is 9.72 Å². The zero-order valence-corrected chi connectivity index (χ0v) is 17.9. The highest BCUT2D eigenvalue weighted by atomic mass is 32.1. The molecule has 1 unspecified atom stereocenters. The molecule has 1 aromatic heterocycles. The van der Waals surface area contributed by atoms with Crippen LogP contribution in [0, 0.1) is 6.92 Å². The van der Waals surface area contributed by atoms with Gasteiger partial charge in [-0.25, -0.2) is 4.98 Å². The van der Waals surface area contributed by atoms with E-state index in [0.29, 0.717) is 45.3 Å². The van der Waals surface area contributed by atoms with Gasteiger partial charge >= 0.3 is 0 Å². The molecule has 7 heteroatoms. The summed E-state index contributed by atoms with van der Waals surface area (Å²) >= 11 is 1.43. The summed E-state index contributed by atoms with van der Waals surface area (Å²) in [6.45, 7) is 9.77. The third-order valence-electron chi connectivity index (χ3n) is 5.24. The van der Waals surface area contributed by atoms with Crippen LogP contribution in [0.3, 0.4) is 0 Å². The predicted octanol–water partition coefficient (Wildman–Crippen LogP) is 3.29. The number of aryl methyl sites for hydroxylation is 1. The summed E-state index contributed by atoms with van der Waals surface area (Å²) in [7, 11) is 0. The highest BCUT2D eigenvalue weighted by Gasteiger charge is 2.22. The topological polar surface area (TPSA) is 58.6 Å². The number of rotatable bonds is 8. The normalized spacial score (nSPS) is 15.5. The van der Waals surface area contributed by atoms with Crippen molar-refractivity contribution < 1.29 is 9.53 Å². The molecule has 152 valence electrons. The SMILES string of the molecule is CCC(C)N(CCC(=O)N1CCOCC1)c1nc(Cc2ccc(C)cc2)ns1. The number of carbonyl (C=O) groups excluding carboxylic acids is 1. The third-order valence-corrected chi connectivity index (χ3v) is 6.03. The maximum absolute atomic E-state index is 12.5. The first-order chi connectivity index (χ1) is 13.6. The van der Waals surface area contributed by atoms with E-state index in [0.717, 1.165) is 23.8 Å². The second kappa shape index (κ2) is 9.98. The van der Waals surface area contributed by atoms with Gasteiger partial charge < -0.3 is 14.5 Å². The molecule has 0 spiro atoms. The first-order valence-electron chi connectivity index (χ1n) is 10.1. The summed E-state index contributed by atoms with van der Waals surface area (Å²) in [6, 6.07) is 8.81. The largest absolute Gasteiger partial charge is 0.378 e. The van der Waals surface area contributed by atoms with Crippen molar-refractivity contribution in [3.8, 4) is 0 Å². The second-order valence-electron chi connectivity index (χ2n) is 7.35. The zero-order valence-electron chi connectivity index (χ0n) is 17.1. The molecule has 6 nitrogen and oxygen atoms in total. The zero-order chi connectivity index (χ0) is 19.9. The van der Waals surface area contributed by atoms with Gasteiger partial charge in [-0.1, -0.05) is 36.8 Å². The molecule has 0 aliphatic carbocycles. The van der Waals surface area contributed by atoms with Crippen LogP contribution < -0.4 is 4.90 Å².